The van der Waals surface area contributed by atoms with Gasteiger partial charge in [-0.1, -0.05) is 34.1 Å². The lowest BCUT2D eigenvalue weighted by Gasteiger charge is -2.12. The summed E-state index contributed by atoms with van der Waals surface area (Å²) >= 11 is 9.36. The van der Waals surface area contributed by atoms with Crippen molar-refractivity contribution >= 4 is 27.5 Å². The van der Waals surface area contributed by atoms with Crippen LogP contribution in [0.5, 0.6) is 11.5 Å². The summed E-state index contributed by atoms with van der Waals surface area (Å²) in [5.74, 6) is 2.56. The lowest BCUT2D eigenvalue weighted by atomic mass is 10.0. The molecule has 2 aromatic carbocycles. The molecule has 2 nitrogen and oxygen atoms in total. The number of para-hydroxylation sites is 1. The molecule has 0 aliphatic carbocycles. The van der Waals surface area contributed by atoms with E-state index in [1.807, 2.05) is 36.4 Å². The van der Waals surface area contributed by atoms with Gasteiger partial charge >= 0.3 is 0 Å². The fourth-order valence-corrected chi connectivity index (χ4v) is 3.08. The van der Waals surface area contributed by atoms with Crippen LogP contribution in [-0.4, -0.2) is 13.2 Å². The summed E-state index contributed by atoms with van der Waals surface area (Å²) in [6.45, 7) is 1.29. The highest BCUT2D eigenvalue weighted by Crippen LogP contribution is 2.34. The summed E-state index contributed by atoms with van der Waals surface area (Å²) < 4.78 is 12.5. The van der Waals surface area contributed by atoms with Gasteiger partial charge in [0.1, 0.15) is 11.5 Å². The third-order valence-electron chi connectivity index (χ3n) is 3.41. The number of rotatable bonds is 4. The van der Waals surface area contributed by atoms with Crippen LogP contribution in [-0.2, 0) is 5.88 Å². The van der Waals surface area contributed by atoms with Gasteiger partial charge < -0.3 is 9.47 Å². The zero-order valence-electron chi connectivity index (χ0n) is 10.8. The van der Waals surface area contributed by atoms with Gasteiger partial charge in [0.2, 0.25) is 0 Å². The first kappa shape index (κ1) is 13.8. The molecule has 0 aromatic heterocycles. The number of alkyl halides is 1. The van der Waals surface area contributed by atoms with Crippen LogP contribution < -0.4 is 9.47 Å². The van der Waals surface area contributed by atoms with Crippen molar-refractivity contribution in [2.75, 3.05) is 13.2 Å². The van der Waals surface area contributed by atoms with Crippen molar-refractivity contribution in [3.63, 3.8) is 0 Å². The van der Waals surface area contributed by atoms with E-state index in [0.29, 0.717) is 19.1 Å². The molecule has 0 bridgehead atoms. The van der Waals surface area contributed by atoms with Crippen LogP contribution in [0.2, 0.25) is 0 Å². The number of halogens is 2. The smallest absolute Gasteiger partial charge is 0.123 e. The molecule has 0 spiro atoms. The number of ether oxygens (including phenoxy) is 2. The van der Waals surface area contributed by atoms with E-state index in [4.69, 9.17) is 21.1 Å². The summed E-state index contributed by atoms with van der Waals surface area (Å²) in [5, 5.41) is 0. The Balaban J connectivity index is 1.69. The fourth-order valence-electron chi connectivity index (χ4n) is 2.31. The van der Waals surface area contributed by atoms with Crippen LogP contribution in [0.4, 0.5) is 0 Å². The molecule has 1 unspecified atom stereocenters. The Hall–Kier alpha value is -1.19. The SMILES string of the molecule is ClCc1cc(OCC2COc3ccccc32)ccc1Br. The largest absolute Gasteiger partial charge is 0.493 e. The standard InChI is InChI=1S/C16H14BrClO2/c17-15-6-5-13(7-11(15)8-18)19-9-12-10-20-16-4-2-1-3-14(12)16/h1-7,12H,8-10H2. The summed E-state index contributed by atoms with van der Waals surface area (Å²) in [4.78, 5) is 0. The highest BCUT2D eigenvalue weighted by molar-refractivity contribution is 9.10. The van der Waals surface area contributed by atoms with Crippen molar-refractivity contribution in [1.29, 1.82) is 0 Å². The molecular formula is C16H14BrClO2. The van der Waals surface area contributed by atoms with E-state index >= 15 is 0 Å². The molecular weight excluding hydrogens is 340 g/mol. The number of benzene rings is 2. The molecule has 1 aliphatic rings. The van der Waals surface area contributed by atoms with E-state index in [0.717, 1.165) is 21.5 Å². The molecule has 0 saturated heterocycles. The molecule has 1 aliphatic heterocycles. The summed E-state index contributed by atoms with van der Waals surface area (Å²) in [6.07, 6.45) is 0. The van der Waals surface area contributed by atoms with Gasteiger partial charge in [-0.05, 0) is 29.8 Å². The monoisotopic (exact) mass is 352 g/mol. The minimum absolute atomic E-state index is 0.286. The van der Waals surface area contributed by atoms with Crippen molar-refractivity contribution < 1.29 is 9.47 Å². The van der Waals surface area contributed by atoms with Gasteiger partial charge in [-0.3, -0.25) is 0 Å². The van der Waals surface area contributed by atoms with Gasteiger partial charge in [0.05, 0.1) is 19.1 Å². The van der Waals surface area contributed by atoms with E-state index < -0.39 is 0 Å². The maximum Gasteiger partial charge on any atom is 0.123 e. The zero-order valence-corrected chi connectivity index (χ0v) is 13.2. The van der Waals surface area contributed by atoms with Crippen molar-refractivity contribution in [1.82, 2.24) is 0 Å². The third-order valence-corrected chi connectivity index (χ3v) is 4.47. The first-order chi connectivity index (χ1) is 9.78. The first-order valence-electron chi connectivity index (χ1n) is 6.47. The number of hydrogen-bond donors (Lipinski definition) is 0. The Morgan fingerprint density at radius 3 is 2.95 bits per heavy atom. The molecule has 0 N–H and O–H groups in total. The number of fused-ring (bicyclic) bond motifs is 1. The summed E-state index contributed by atoms with van der Waals surface area (Å²) in [5.41, 5.74) is 2.26. The number of hydrogen-bond acceptors (Lipinski definition) is 2. The van der Waals surface area contributed by atoms with Crippen LogP contribution in [0.15, 0.2) is 46.9 Å². The molecule has 0 amide bonds. The average molecular weight is 354 g/mol. The minimum Gasteiger partial charge on any atom is -0.493 e. The van der Waals surface area contributed by atoms with Crippen molar-refractivity contribution in [2.45, 2.75) is 11.8 Å². The minimum atomic E-state index is 0.286. The van der Waals surface area contributed by atoms with Crippen molar-refractivity contribution in [3.8, 4) is 11.5 Å². The third kappa shape index (κ3) is 2.79. The van der Waals surface area contributed by atoms with Crippen LogP contribution in [0.1, 0.15) is 17.0 Å². The van der Waals surface area contributed by atoms with Gasteiger partial charge in [0.15, 0.2) is 0 Å². The molecule has 1 atom stereocenters. The van der Waals surface area contributed by atoms with Crippen molar-refractivity contribution in [2.24, 2.45) is 0 Å². The molecule has 20 heavy (non-hydrogen) atoms. The molecule has 0 fully saturated rings. The van der Waals surface area contributed by atoms with Gasteiger partial charge in [-0.15, -0.1) is 11.6 Å². The van der Waals surface area contributed by atoms with Gasteiger partial charge in [0.25, 0.3) is 0 Å². The Morgan fingerprint density at radius 2 is 2.10 bits per heavy atom. The maximum absolute atomic E-state index is 5.89. The molecule has 104 valence electrons. The van der Waals surface area contributed by atoms with Crippen LogP contribution >= 0.6 is 27.5 Å². The lowest BCUT2D eigenvalue weighted by Crippen LogP contribution is -2.11. The van der Waals surface area contributed by atoms with E-state index in [1.165, 1.54) is 5.56 Å². The van der Waals surface area contributed by atoms with Crippen molar-refractivity contribution in [3.05, 3.63) is 58.1 Å². The maximum atomic E-state index is 5.89. The van der Waals surface area contributed by atoms with Gasteiger partial charge in [-0.25, -0.2) is 0 Å². The molecule has 0 radical (unpaired) electrons. The Morgan fingerprint density at radius 1 is 1.25 bits per heavy atom. The van der Waals surface area contributed by atoms with Gasteiger partial charge in [0, 0.05) is 15.9 Å². The lowest BCUT2D eigenvalue weighted by molar-refractivity contribution is 0.248. The second kappa shape index (κ2) is 6.06. The summed E-state index contributed by atoms with van der Waals surface area (Å²) in [7, 11) is 0. The predicted octanol–water partition coefficient (Wildman–Crippen LogP) is 4.74. The van der Waals surface area contributed by atoms with Crippen LogP contribution in [0, 0.1) is 0 Å². The highest BCUT2D eigenvalue weighted by atomic mass is 79.9. The first-order valence-corrected chi connectivity index (χ1v) is 7.79. The quantitative estimate of drug-likeness (QED) is 0.739. The molecule has 3 rings (SSSR count). The van der Waals surface area contributed by atoms with E-state index in [1.54, 1.807) is 0 Å². The summed E-state index contributed by atoms with van der Waals surface area (Å²) in [6, 6.07) is 14.0. The van der Waals surface area contributed by atoms with E-state index in [-0.39, 0.29) is 5.92 Å². The normalized spacial score (nSPS) is 16.6. The van der Waals surface area contributed by atoms with E-state index in [9.17, 15) is 0 Å². The Bertz CT molecular complexity index is 615. The fraction of sp³-hybridized carbons (Fsp3) is 0.250. The molecule has 4 heteroatoms. The van der Waals surface area contributed by atoms with Gasteiger partial charge in [-0.2, -0.15) is 0 Å². The molecule has 0 saturated carbocycles. The second-order valence-electron chi connectivity index (χ2n) is 4.74. The Labute approximate surface area is 131 Å². The zero-order chi connectivity index (χ0) is 13.9. The Kier molecular flexibility index (Phi) is 4.18. The van der Waals surface area contributed by atoms with E-state index in [2.05, 4.69) is 22.0 Å². The molecule has 1 heterocycles. The van der Waals surface area contributed by atoms with Crippen LogP contribution in [0.3, 0.4) is 0 Å². The predicted molar refractivity (Wildman–Crippen MR) is 83.9 cm³/mol. The van der Waals surface area contributed by atoms with Crippen LogP contribution in [0.25, 0.3) is 0 Å². The highest BCUT2D eigenvalue weighted by Gasteiger charge is 2.24. The topological polar surface area (TPSA) is 18.5 Å². The molecule has 2 aromatic rings. The second-order valence-corrected chi connectivity index (χ2v) is 5.87. The average Bonchev–Trinajstić information content (AvgIpc) is 2.90.